The van der Waals surface area contributed by atoms with Crippen molar-refractivity contribution in [2.24, 2.45) is 0 Å². The van der Waals surface area contributed by atoms with E-state index in [0.29, 0.717) is 6.61 Å². The number of nitrogens with zero attached hydrogens (tertiary/aromatic N) is 2. The van der Waals surface area contributed by atoms with Crippen LogP contribution in [0.15, 0.2) is 29.2 Å². The highest BCUT2D eigenvalue weighted by molar-refractivity contribution is 7.89. The van der Waals surface area contributed by atoms with Crippen molar-refractivity contribution in [3.8, 4) is 5.75 Å². The molecule has 0 bridgehead atoms. The number of hydrogen-bond acceptors (Lipinski definition) is 5. The Hall–Kier alpha value is -2.05. The van der Waals surface area contributed by atoms with Gasteiger partial charge in [0.2, 0.25) is 10.0 Å². The smallest absolute Gasteiger partial charge is 0.406 e. The van der Waals surface area contributed by atoms with Gasteiger partial charge in [-0.3, -0.25) is 0 Å². The number of ether oxygens (including phenoxy) is 2. The normalized spacial score (nSPS) is 22.0. The van der Waals surface area contributed by atoms with E-state index in [-0.39, 0.29) is 49.3 Å². The van der Waals surface area contributed by atoms with Crippen LogP contribution in [0.1, 0.15) is 19.8 Å². The van der Waals surface area contributed by atoms with Gasteiger partial charge in [0.15, 0.2) is 0 Å². The van der Waals surface area contributed by atoms with Gasteiger partial charge in [-0.05, 0) is 44.0 Å². The summed E-state index contributed by atoms with van der Waals surface area (Å²) in [7, 11) is -3.89. The predicted octanol–water partition coefficient (Wildman–Crippen LogP) is 2.17. The molecular weight excluding hydrogens is 427 g/mol. The van der Waals surface area contributed by atoms with Crippen molar-refractivity contribution in [1.29, 1.82) is 0 Å². The lowest BCUT2D eigenvalue weighted by atomic mass is 10.1. The average molecular weight is 451 g/mol. The molecule has 1 N–H and O–H groups in total. The van der Waals surface area contributed by atoms with Crippen molar-refractivity contribution in [3.05, 3.63) is 24.3 Å². The van der Waals surface area contributed by atoms with E-state index < -0.39 is 22.1 Å². The molecule has 2 aliphatic heterocycles. The van der Waals surface area contributed by atoms with Gasteiger partial charge in [-0.1, -0.05) is 0 Å². The van der Waals surface area contributed by atoms with Crippen LogP contribution in [0.5, 0.6) is 5.75 Å². The van der Waals surface area contributed by atoms with Crippen molar-refractivity contribution >= 4 is 16.1 Å². The van der Waals surface area contributed by atoms with Crippen molar-refractivity contribution in [3.63, 3.8) is 0 Å². The van der Waals surface area contributed by atoms with E-state index in [1.807, 2.05) is 6.92 Å². The molecule has 1 aromatic rings. The zero-order chi connectivity index (χ0) is 21.9. The summed E-state index contributed by atoms with van der Waals surface area (Å²) in [5.41, 5.74) is 0. The number of rotatable bonds is 5. The van der Waals surface area contributed by atoms with Crippen LogP contribution in [0, 0.1) is 0 Å². The molecule has 0 aliphatic carbocycles. The first-order chi connectivity index (χ1) is 14.1. The van der Waals surface area contributed by atoms with E-state index in [2.05, 4.69) is 10.1 Å². The van der Waals surface area contributed by atoms with Gasteiger partial charge >= 0.3 is 12.4 Å². The first-order valence-electron chi connectivity index (χ1n) is 9.59. The van der Waals surface area contributed by atoms with Crippen molar-refractivity contribution in [1.82, 2.24) is 14.5 Å². The Morgan fingerprint density at radius 3 is 2.37 bits per heavy atom. The molecule has 2 amide bonds. The number of amides is 2. The first kappa shape index (κ1) is 22.6. The van der Waals surface area contributed by atoms with Gasteiger partial charge in [-0.25, -0.2) is 13.2 Å². The molecule has 2 aliphatic rings. The van der Waals surface area contributed by atoms with Gasteiger partial charge < -0.3 is 19.7 Å². The van der Waals surface area contributed by atoms with Gasteiger partial charge in [0.25, 0.3) is 0 Å². The number of nitrogens with one attached hydrogen (secondary N) is 1. The topological polar surface area (TPSA) is 88.2 Å². The maximum absolute atomic E-state index is 12.7. The minimum atomic E-state index is -4.85. The summed E-state index contributed by atoms with van der Waals surface area (Å²) in [6.45, 7) is 3.15. The Balaban J connectivity index is 1.55. The summed E-state index contributed by atoms with van der Waals surface area (Å²) in [4.78, 5) is 13.8. The van der Waals surface area contributed by atoms with E-state index in [1.165, 1.54) is 9.21 Å². The van der Waals surface area contributed by atoms with Gasteiger partial charge in [0.1, 0.15) is 5.75 Å². The Labute approximate surface area is 173 Å². The average Bonchev–Trinajstić information content (AvgIpc) is 3.22. The summed E-state index contributed by atoms with van der Waals surface area (Å²) in [6, 6.07) is 3.63. The van der Waals surface area contributed by atoms with Crippen LogP contribution in [0.4, 0.5) is 18.0 Å². The highest BCUT2D eigenvalue weighted by Crippen LogP contribution is 2.25. The van der Waals surface area contributed by atoms with Crippen LogP contribution >= 0.6 is 0 Å². The summed E-state index contributed by atoms with van der Waals surface area (Å²) < 4.78 is 72.7. The third kappa shape index (κ3) is 5.55. The fourth-order valence-corrected chi connectivity index (χ4v) is 4.89. The van der Waals surface area contributed by atoms with Crippen molar-refractivity contribution in [2.75, 3.05) is 32.8 Å². The van der Waals surface area contributed by atoms with Crippen LogP contribution in [0.2, 0.25) is 0 Å². The number of urea groups is 1. The minimum absolute atomic E-state index is 0.0140. The number of halogens is 3. The van der Waals surface area contributed by atoms with Crippen LogP contribution in [-0.4, -0.2) is 74.9 Å². The van der Waals surface area contributed by atoms with Gasteiger partial charge in [-0.15, -0.1) is 13.2 Å². The second-order valence-electron chi connectivity index (χ2n) is 7.20. The van der Waals surface area contributed by atoms with Crippen LogP contribution in [0.3, 0.4) is 0 Å². The molecule has 0 radical (unpaired) electrons. The Morgan fingerprint density at radius 1 is 1.20 bits per heavy atom. The SMILES string of the molecule is C[C@H](NC(=O)N1CCN(S(=O)(=O)c2ccc(OC(F)(F)F)cc2)CC1)[C@@H]1CCCO1. The quantitative estimate of drug-likeness (QED) is 0.742. The number of piperazine rings is 1. The molecule has 3 rings (SSSR count). The molecule has 2 heterocycles. The maximum Gasteiger partial charge on any atom is 0.573 e. The molecule has 30 heavy (non-hydrogen) atoms. The summed E-state index contributed by atoms with van der Waals surface area (Å²) in [6.07, 6.45) is -3.01. The van der Waals surface area contributed by atoms with E-state index in [4.69, 9.17) is 4.74 Å². The number of hydrogen-bond donors (Lipinski definition) is 1. The lowest BCUT2D eigenvalue weighted by molar-refractivity contribution is -0.274. The lowest BCUT2D eigenvalue weighted by Gasteiger charge is -2.35. The van der Waals surface area contributed by atoms with E-state index in [0.717, 1.165) is 37.1 Å². The maximum atomic E-state index is 12.7. The number of carbonyl (C=O) groups is 1. The van der Waals surface area contributed by atoms with Gasteiger partial charge in [0, 0.05) is 32.8 Å². The predicted molar refractivity (Wildman–Crippen MR) is 100 cm³/mol. The van der Waals surface area contributed by atoms with E-state index in [1.54, 1.807) is 0 Å². The van der Waals surface area contributed by atoms with Crippen molar-refractivity contribution in [2.45, 2.75) is 43.2 Å². The molecule has 0 spiro atoms. The van der Waals surface area contributed by atoms with Gasteiger partial charge in [-0.2, -0.15) is 4.31 Å². The molecule has 8 nitrogen and oxygen atoms in total. The largest absolute Gasteiger partial charge is 0.573 e. The second-order valence-corrected chi connectivity index (χ2v) is 9.14. The fourth-order valence-electron chi connectivity index (χ4n) is 3.47. The molecule has 1 aromatic carbocycles. The van der Waals surface area contributed by atoms with Crippen LogP contribution < -0.4 is 10.1 Å². The zero-order valence-electron chi connectivity index (χ0n) is 16.4. The minimum Gasteiger partial charge on any atom is -0.406 e. The number of alkyl halides is 3. The summed E-state index contributed by atoms with van der Waals surface area (Å²) in [5, 5.41) is 2.89. The summed E-state index contributed by atoms with van der Waals surface area (Å²) in [5.74, 6) is -0.497. The Morgan fingerprint density at radius 2 is 1.83 bits per heavy atom. The molecule has 0 unspecified atom stereocenters. The summed E-state index contributed by atoms with van der Waals surface area (Å²) >= 11 is 0. The molecule has 2 atom stereocenters. The van der Waals surface area contributed by atoms with Crippen molar-refractivity contribution < 1.29 is 35.9 Å². The number of sulfonamides is 1. The van der Waals surface area contributed by atoms with Gasteiger partial charge in [0.05, 0.1) is 17.0 Å². The Bertz CT molecular complexity index is 834. The zero-order valence-corrected chi connectivity index (χ0v) is 17.2. The molecular formula is C18H24F3N3O5S. The van der Waals surface area contributed by atoms with Crippen LogP contribution in [-0.2, 0) is 14.8 Å². The molecule has 0 aromatic heterocycles. The molecule has 12 heteroatoms. The van der Waals surface area contributed by atoms with E-state index in [9.17, 15) is 26.4 Å². The highest BCUT2D eigenvalue weighted by atomic mass is 32.2. The standard InChI is InChI=1S/C18H24F3N3O5S/c1-13(16-3-2-12-28-16)22-17(25)23-8-10-24(11-9-23)30(26,27)15-6-4-14(5-7-15)29-18(19,20)21/h4-7,13,16H,2-3,8-12H2,1H3,(H,22,25)/t13-,16-/m0/s1. The van der Waals surface area contributed by atoms with Crippen LogP contribution in [0.25, 0.3) is 0 Å². The second kappa shape index (κ2) is 8.98. The third-order valence-electron chi connectivity index (χ3n) is 5.09. The monoisotopic (exact) mass is 451 g/mol. The molecule has 2 saturated heterocycles. The molecule has 168 valence electrons. The Kier molecular flexibility index (Phi) is 6.78. The third-order valence-corrected chi connectivity index (χ3v) is 7.01. The molecule has 2 fully saturated rings. The lowest BCUT2D eigenvalue weighted by Crippen LogP contribution is -2.55. The highest BCUT2D eigenvalue weighted by Gasteiger charge is 2.33. The number of benzene rings is 1. The number of carbonyl (C=O) groups excluding carboxylic acids is 1. The fraction of sp³-hybridized carbons (Fsp3) is 0.611. The molecule has 0 saturated carbocycles. The van der Waals surface area contributed by atoms with E-state index >= 15 is 0 Å². The first-order valence-corrected chi connectivity index (χ1v) is 11.0.